The molecule has 4 fully saturated rings. The third-order valence-corrected chi connectivity index (χ3v) is 10.3. The van der Waals surface area contributed by atoms with Gasteiger partial charge >= 0.3 is 0 Å². The van der Waals surface area contributed by atoms with Crippen molar-refractivity contribution in [1.29, 1.82) is 0 Å². The van der Waals surface area contributed by atoms with Crippen LogP contribution in [-0.4, -0.2) is 80.0 Å². The predicted molar refractivity (Wildman–Crippen MR) is 146 cm³/mol. The zero-order valence-electron chi connectivity index (χ0n) is 24.0. The molecule has 230 valence electrons. The van der Waals surface area contributed by atoms with Crippen LogP contribution < -0.4 is 16.7 Å². The Labute approximate surface area is 240 Å². The van der Waals surface area contributed by atoms with E-state index in [2.05, 4.69) is 22.7 Å². The molecule has 3 aliphatic carbocycles. The van der Waals surface area contributed by atoms with Crippen LogP contribution in [0, 0.1) is 23.7 Å². The van der Waals surface area contributed by atoms with Crippen molar-refractivity contribution < 1.29 is 33.7 Å². The number of hydrogen-bond donors (Lipinski definition) is 6. The summed E-state index contributed by atoms with van der Waals surface area (Å²) in [7, 11) is 1.99. The van der Waals surface area contributed by atoms with Gasteiger partial charge in [0.25, 0.3) is 5.91 Å². The van der Waals surface area contributed by atoms with Crippen molar-refractivity contribution in [2.75, 3.05) is 7.05 Å². The van der Waals surface area contributed by atoms with Crippen LogP contribution in [0.3, 0.4) is 0 Å². The first-order valence-electron chi connectivity index (χ1n) is 14.8. The number of halogens is 2. The predicted octanol–water partition coefficient (Wildman–Crippen LogP) is 1.66. The summed E-state index contributed by atoms with van der Waals surface area (Å²) in [5.74, 6) is -2.47. The number of nitrogens with zero attached hydrogens (tertiary/aromatic N) is 2. The van der Waals surface area contributed by atoms with Crippen LogP contribution in [0.25, 0.3) is 0 Å². The van der Waals surface area contributed by atoms with Gasteiger partial charge in [0, 0.05) is 55.6 Å². The molecule has 3 saturated carbocycles. The van der Waals surface area contributed by atoms with Crippen LogP contribution in [0.2, 0.25) is 0 Å². The lowest BCUT2D eigenvalue weighted by Crippen LogP contribution is -2.66. The van der Waals surface area contributed by atoms with E-state index in [-0.39, 0.29) is 68.6 Å². The van der Waals surface area contributed by atoms with Crippen LogP contribution in [0.5, 0.6) is 0 Å². The number of hydrazine groups is 1. The third-order valence-electron chi connectivity index (χ3n) is 10.3. The molecule has 7 N–H and O–H groups in total. The van der Waals surface area contributed by atoms with Crippen LogP contribution in [0.15, 0.2) is 30.3 Å². The largest absolute Gasteiger partial charge is 0.365 e. The molecule has 5 rings (SSSR count). The first-order chi connectivity index (χ1) is 19.3. The Hall–Kier alpha value is -1.77. The Bertz CT molecular complexity index is 1070. The highest BCUT2D eigenvalue weighted by Crippen LogP contribution is 2.59. The van der Waals surface area contributed by atoms with Crippen molar-refractivity contribution in [3.05, 3.63) is 35.9 Å². The van der Waals surface area contributed by atoms with Gasteiger partial charge in [0.2, 0.25) is 11.8 Å². The maximum atomic E-state index is 13.7. The smallest absolute Gasteiger partial charge is 0.252 e. The first-order valence-corrected chi connectivity index (χ1v) is 14.8. The molecular formula is C29H45F2N5O5. The second-order valence-corrected chi connectivity index (χ2v) is 12.8. The molecule has 0 aromatic heterocycles. The van der Waals surface area contributed by atoms with Gasteiger partial charge in [-0.2, -0.15) is 0 Å². The maximum absolute atomic E-state index is 13.7. The monoisotopic (exact) mass is 581 g/mol. The Morgan fingerprint density at radius 1 is 1.27 bits per heavy atom. The van der Waals surface area contributed by atoms with Gasteiger partial charge in [0.1, 0.15) is 0 Å². The quantitative estimate of drug-likeness (QED) is 0.131. The molecule has 0 spiro atoms. The molecule has 1 aromatic carbocycles. The fraction of sp³-hybridized carbons (Fsp3) is 0.759. The molecule has 0 radical (unpaired) electrons. The number of carbonyl (C=O) groups is 1. The van der Waals surface area contributed by atoms with E-state index in [1.165, 1.54) is 0 Å². The normalized spacial score (nSPS) is 34.9. The molecule has 1 heterocycles. The summed E-state index contributed by atoms with van der Waals surface area (Å²) in [6, 6.07) is 9.16. The van der Waals surface area contributed by atoms with Crippen LogP contribution in [0.4, 0.5) is 8.78 Å². The highest BCUT2D eigenvalue weighted by molar-refractivity contribution is 5.77. The number of nitrogens with two attached hydrogens (primary N) is 1. The van der Waals surface area contributed by atoms with Gasteiger partial charge in [-0.3, -0.25) is 15.5 Å². The van der Waals surface area contributed by atoms with Crippen LogP contribution >= 0.6 is 0 Å². The summed E-state index contributed by atoms with van der Waals surface area (Å²) >= 11 is 0. The van der Waals surface area contributed by atoms with E-state index in [1.54, 1.807) is 0 Å². The minimum absolute atomic E-state index is 0.0273. The number of aryl methyl sites for hydroxylation is 1. The average Bonchev–Trinajstić information content (AvgIpc) is 3.48. The molecule has 4 aliphatic rings. The SMILES string of the molecule is CC1C2C(N(C)C(C)NN)CC2N(C(O)(CCc2ccccc2)ONC(=O)C2CCC(F)(F)CC2)C1C1CC1(O)O. The lowest BCUT2D eigenvalue weighted by Gasteiger charge is -2.53. The molecule has 1 aromatic rings. The van der Waals surface area contributed by atoms with Crippen molar-refractivity contribution in [2.24, 2.45) is 29.5 Å². The number of alkyl halides is 2. The average molecular weight is 582 g/mol. The highest BCUT2D eigenvalue weighted by atomic mass is 19.3. The molecule has 8 atom stereocenters. The van der Waals surface area contributed by atoms with Crippen molar-refractivity contribution in [1.82, 2.24) is 20.7 Å². The van der Waals surface area contributed by atoms with E-state index in [1.807, 2.05) is 49.2 Å². The zero-order valence-corrected chi connectivity index (χ0v) is 24.0. The lowest BCUT2D eigenvalue weighted by molar-refractivity contribution is -0.338. The number of nitrogens with one attached hydrogen (secondary N) is 2. The minimum Gasteiger partial charge on any atom is -0.365 e. The first kappa shape index (κ1) is 30.7. The van der Waals surface area contributed by atoms with Crippen molar-refractivity contribution in [2.45, 2.75) is 107 Å². The van der Waals surface area contributed by atoms with Gasteiger partial charge in [-0.05, 0) is 57.1 Å². The molecule has 10 nitrogen and oxygen atoms in total. The summed E-state index contributed by atoms with van der Waals surface area (Å²) in [6.07, 6.45) is 0.671. The summed E-state index contributed by atoms with van der Waals surface area (Å²) in [6.45, 7) is 4.03. The molecule has 1 aliphatic heterocycles. The van der Waals surface area contributed by atoms with Crippen LogP contribution in [0.1, 0.15) is 64.4 Å². The van der Waals surface area contributed by atoms with E-state index >= 15 is 0 Å². The Balaban J connectivity index is 1.40. The number of likely N-dealkylation sites (tertiary alicyclic amines) is 1. The number of aliphatic hydroxyl groups is 3. The fourth-order valence-electron chi connectivity index (χ4n) is 7.58. The maximum Gasteiger partial charge on any atom is 0.252 e. The third kappa shape index (κ3) is 6.03. The molecule has 1 amide bonds. The topological polar surface area (TPSA) is 144 Å². The molecule has 0 bridgehead atoms. The Morgan fingerprint density at radius 2 is 1.90 bits per heavy atom. The second kappa shape index (κ2) is 11.4. The van der Waals surface area contributed by atoms with E-state index < -0.39 is 41.4 Å². The van der Waals surface area contributed by atoms with E-state index in [0.717, 1.165) is 5.56 Å². The van der Waals surface area contributed by atoms with E-state index in [9.17, 15) is 28.9 Å². The van der Waals surface area contributed by atoms with Crippen molar-refractivity contribution >= 4 is 5.91 Å². The standard InChI is InChI=1S/C29H45F2N5O5/c1-17-24-22(35(3)18(2)33-32)15-23(24)36(25(17)21-16-28(21,38)39)29(40,14-9-19-7-5-4-6-8-19)41-34-26(37)20-10-12-27(30,31)13-11-20/h4-8,17-18,20-25,33,38-40H,9-16,32H2,1-3H3,(H,34,37). The molecule has 1 saturated heterocycles. The van der Waals surface area contributed by atoms with Gasteiger partial charge in [0.15, 0.2) is 5.79 Å². The molecular weight excluding hydrogens is 536 g/mol. The number of fused-ring (bicyclic) bond motifs is 1. The van der Waals surface area contributed by atoms with Gasteiger partial charge in [-0.25, -0.2) is 29.4 Å². The number of carbonyl (C=O) groups excluding carboxylic acids is 1. The highest BCUT2D eigenvalue weighted by Gasteiger charge is 2.70. The summed E-state index contributed by atoms with van der Waals surface area (Å²) < 4.78 is 27.4. The summed E-state index contributed by atoms with van der Waals surface area (Å²) in [5, 5.41) is 33.3. The summed E-state index contributed by atoms with van der Waals surface area (Å²) in [5.41, 5.74) is 6.18. The number of amides is 1. The van der Waals surface area contributed by atoms with Crippen molar-refractivity contribution in [3.63, 3.8) is 0 Å². The van der Waals surface area contributed by atoms with Gasteiger partial charge in [0.05, 0.1) is 6.17 Å². The minimum atomic E-state index is -2.77. The summed E-state index contributed by atoms with van der Waals surface area (Å²) in [4.78, 5) is 23.0. The fourth-order valence-corrected chi connectivity index (χ4v) is 7.58. The van der Waals surface area contributed by atoms with Crippen molar-refractivity contribution in [3.8, 4) is 0 Å². The molecule has 41 heavy (non-hydrogen) atoms. The van der Waals surface area contributed by atoms with Crippen LogP contribution in [-0.2, 0) is 16.1 Å². The Kier molecular flexibility index (Phi) is 8.52. The number of hydrogen-bond acceptors (Lipinski definition) is 9. The lowest BCUT2D eigenvalue weighted by atomic mass is 9.69. The zero-order chi connectivity index (χ0) is 29.7. The van der Waals surface area contributed by atoms with E-state index in [0.29, 0.717) is 12.8 Å². The van der Waals surface area contributed by atoms with Gasteiger partial charge < -0.3 is 15.3 Å². The number of hydroxylamine groups is 1. The molecule has 8 unspecified atom stereocenters. The van der Waals surface area contributed by atoms with Gasteiger partial charge in [-0.15, -0.1) is 0 Å². The van der Waals surface area contributed by atoms with Gasteiger partial charge in [-0.1, -0.05) is 37.3 Å². The number of benzene rings is 1. The molecule has 12 heteroatoms. The Morgan fingerprint density at radius 3 is 2.49 bits per heavy atom. The van der Waals surface area contributed by atoms with E-state index in [4.69, 9.17) is 10.7 Å². The number of rotatable bonds is 11. The second-order valence-electron chi connectivity index (χ2n) is 12.8.